The molecule has 0 saturated heterocycles. The summed E-state index contributed by atoms with van der Waals surface area (Å²) in [6.45, 7) is 18.4. The van der Waals surface area contributed by atoms with Crippen LogP contribution in [-0.4, -0.2) is 12.2 Å². The van der Waals surface area contributed by atoms with Gasteiger partial charge in [-0.1, -0.05) is 55.4 Å². The molecule has 2 heteroatoms. The Morgan fingerprint density at radius 3 is 1.38 bits per heavy atom. The summed E-state index contributed by atoms with van der Waals surface area (Å²) < 4.78 is 12.8. The van der Waals surface area contributed by atoms with Crippen molar-refractivity contribution in [2.24, 2.45) is 11.8 Å². The maximum atomic E-state index is 6.41. The molecule has 0 unspecified atom stereocenters. The lowest BCUT2D eigenvalue weighted by Gasteiger charge is -2.43. The van der Waals surface area contributed by atoms with E-state index in [1.165, 1.54) is 11.1 Å². The molecule has 0 spiro atoms. The number of hydrogen-bond acceptors (Lipinski definition) is 2. The molecule has 2 aliphatic rings. The van der Waals surface area contributed by atoms with Gasteiger partial charge in [-0.25, -0.2) is 0 Å². The summed E-state index contributed by atoms with van der Waals surface area (Å²) in [4.78, 5) is 0. The van der Waals surface area contributed by atoms with E-state index in [-0.39, 0.29) is 10.8 Å². The van der Waals surface area contributed by atoms with Gasteiger partial charge in [-0.05, 0) is 47.6 Å². The Balaban J connectivity index is 2.09. The SMILES string of the molecule is CC(C)[C@@H]1CC(C)(C)c2cc3c(cc2O1)C(C)(C)C[C@H](C(C)C)O3. The number of hydrogen-bond donors (Lipinski definition) is 0. The van der Waals surface area contributed by atoms with E-state index in [9.17, 15) is 0 Å². The highest BCUT2D eigenvalue weighted by Gasteiger charge is 2.41. The third-order valence-corrected chi connectivity index (χ3v) is 6.01. The van der Waals surface area contributed by atoms with Gasteiger partial charge in [0, 0.05) is 11.1 Å². The predicted molar refractivity (Wildman–Crippen MR) is 100 cm³/mol. The van der Waals surface area contributed by atoms with Gasteiger partial charge in [0.05, 0.1) is 0 Å². The molecule has 0 amide bonds. The molecule has 0 bridgehead atoms. The van der Waals surface area contributed by atoms with Gasteiger partial charge in [-0.15, -0.1) is 0 Å². The smallest absolute Gasteiger partial charge is 0.124 e. The third kappa shape index (κ3) is 2.93. The summed E-state index contributed by atoms with van der Waals surface area (Å²) in [7, 11) is 0. The Morgan fingerprint density at radius 1 is 0.750 bits per heavy atom. The Labute approximate surface area is 147 Å². The van der Waals surface area contributed by atoms with Crippen LogP contribution in [0.2, 0.25) is 0 Å². The molecular formula is C22H34O2. The predicted octanol–water partition coefficient (Wildman–Crippen LogP) is 5.86. The molecule has 2 aliphatic heterocycles. The zero-order valence-corrected chi connectivity index (χ0v) is 16.7. The Morgan fingerprint density at radius 2 is 1.08 bits per heavy atom. The lowest BCUT2D eigenvalue weighted by Crippen LogP contribution is -2.40. The van der Waals surface area contributed by atoms with Crippen molar-refractivity contribution in [1.29, 1.82) is 0 Å². The second kappa shape index (κ2) is 5.68. The fourth-order valence-corrected chi connectivity index (χ4v) is 4.19. The summed E-state index contributed by atoms with van der Waals surface area (Å²) in [6.07, 6.45) is 2.71. The minimum Gasteiger partial charge on any atom is -0.490 e. The van der Waals surface area contributed by atoms with Crippen LogP contribution in [0.4, 0.5) is 0 Å². The van der Waals surface area contributed by atoms with Gasteiger partial charge in [-0.3, -0.25) is 0 Å². The highest BCUT2D eigenvalue weighted by Crippen LogP contribution is 2.50. The van der Waals surface area contributed by atoms with E-state index in [0.29, 0.717) is 24.0 Å². The minimum absolute atomic E-state index is 0.121. The fraction of sp³-hybridized carbons (Fsp3) is 0.727. The molecule has 0 fully saturated rings. The summed E-state index contributed by atoms with van der Waals surface area (Å²) >= 11 is 0. The molecule has 2 heterocycles. The molecule has 0 aliphatic carbocycles. The molecule has 134 valence electrons. The molecule has 1 aromatic carbocycles. The number of ether oxygens (including phenoxy) is 2. The number of rotatable bonds is 2. The highest BCUT2D eigenvalue weighted by molar-refractivity contribution is 5.54. The van der Waals surface area contributed by atoms with Crippen molar-refractivity contribution in [3.8, 4) is 11.5 Å². The van der Waals surface area contributed by atoms with Crippen LogP contribution in [0.3, 0.4) is 0 Å². The van der Waals surface area contributed by atoms with Gasteiger partial charge < -0.3 is 9.47 Å². The van der Waals surface area contributed by atoms with Crippen molar-refractivity contribution in [2.75, 3.05) is 0 Å². The Kier molecular flexibility index (Phi) is 4.17. The zero-order valence-electron chi connectivity index (χ0n) is 16.7. The van der Waals surface area contributed by atoms with E-state index in [1.807, 2.05) is 0 Å². The lowest BCUT2D eigenvalue weighted by molar-refractivity contribution is 0.0827. The van der Waals surface area contributed by atoms with E-state index in [4.69, 9.17) is 9.47 Å². The summed E-state index contributed by atoms with van der Waals surface area (Å²) in [5, 5.41) is 0. The van der Waals surface area contributed by atoms with E-state index >= 15 is 0 Å². The van der Waals surface area contributed by atoms with Gasteiger partial charge >= 0.3 is 0 Å². The first-order valence-electron chi connectivity index (χ1n) is 9.53. The van der Waals surface area contributed by atoms with Crippen molar-refractivity contribution in [1.82, 2.24) is 0 Å². The summed E-state index contributed by atoms with van der Waals surface area (Å²) in [5.41, 5.74) is 2.85. The maximum Gasteiger partial charge on any atom is 0.124 e. The van der Waals surface area contributed by atoms with E-state index in [0.717, 1.165) is 24.3 Å². The maximum absolute atomic E-state index is 6.41. The first kappa shape index (κ1) is 17.6. The van der Waals surface area contributed by atoms with Gasteiger partial charge in [0.2, 0.25) is 0 Å². The standard InChI is InChI=1S/C22H34O2/c1-13(2)19-11-21(5,6)15-10-18-16(9-17(15)23-19)22(7,8)12-20(24-18)14(3)4/h9-10,13-14,19-20H,11-12H2,1-8H3/t19-,20+. The van der Waals surface area contributed by atoms with Crippen molar-refractivity contribution >= 4 is 0 Å². The normalized spacial score (nSPS) is 27.2. The average Bonchev–Trinajstić information content (AvgIpc) is 2.44. The fourth-order valence-electron chi connectivity index (χ4n) is 4.19. The molecule has 0 saturated carbocycles. The molecule has 0 N–H and O–H groups in total. The van der Waals surface area contributed by atoms with E-state index in [2.05, 4.69) is 67.5 Å². The monoisotopic (exact) mass is 330 g/mol. The van der Waals surface area contributed by atoms with E-state index < -0.39 is 0 Å². The second-order valence-electron chi connectivity index (χ2n) is 9.82. The van der Waals surface area contributed by atoms with Crippen LogP contribution in [0.15, 0.2) is 12.1 Å². The minimum atomic E-state index is 0.121. The summed E-state index contributed by atoms with van der Waals surface area (Å²) in [6, 6.07) is 4.55. The third-order valence-electron chi connectivity index (χ3n) is 6.01. The number of benzene rings is 1. The quantitative estimate of drug-likeness (QED) is 0.676. The molecule has 2 atom stereocenters. The van der Waals surface area contributed by atoms with Crippen molar-refractivity contribution < 1.29 is 9.47 Å². The second-order valence-corrected chi connectivity index (χ2v) is 9.82. The van der Waals surface area contributed by atoms with Crippen LogP contribution in [0.5, 0.6) is 11.5 Å². The van der Waals surface area contributed by atoms with Gasteiger partial charge in [0.15, 0.2) is 0 Å². The van der Waals surface area contributed by atoms with Crippen molar-refractivity contribution in [2.45, 2.75) is 91.3 Å². The van der Waals surface area contributed by atoms with E-state index in [1.54, 1.807) is 0 Å². The zero-order chi connectivity index (χ0) is 17.9. The van der Waals surface area contributed by atoms with Gasteiger partial charge in [-0.2, -0.15) is 0 Å². The highest BCUT2D eigenvalue weighted by atomic mass is 16.5. The molecule has 3 rings (SSSR count). The van der Waals surface area contributed by atoms with Crippen molar-refractivity contribution in [3.63, 3.8) is 0 Å². The van der Waals surface area contributed by atoms with Crippen molar-refractivity contribution in [3.05, 3.63) is 23.3 Å². The Bertz CT molecular complexity index is 569. The topological polar surface area (TPSA) is 18.5 Å². The first-order chi connectivity index (χ1) is 11.0. The van der Waals surface area contributed by atoms with Crippen LogP contribution >= 0.6 is 0 Å². The molecule has 2 nitrogen and oxygen atoms in total. The van der Waals surface area contributed by atoms with Gasteiger partial charge in [0.25, 0.3) is 0 Å². The lowest BCUT2D eigenvalue weighted by atomic mass is 9.71. The molecular weight excluding hydrogens is 296 g/mol. The van der Waals surface area contributed by atoms with Gasteiger partial charge in [0.1, 0.15) is 23.7 Å². The molecule has 0 aromatic heterocycles. The molecule has 24 heavy (non-hydrogen) atoms. The first-order valence-corrected chi connectivity index (χ1v) is 9.53. The summed E-state index contributed by atoms with van der Waals surface area (Å²) in [5.74, 6) is 3.21. The largest absolute Gasteiger partial charge is 0.490 e. The van der Waals surface area contributed by atoms with Crippen LogP contribution in [0, 0.1) is 11.8 Å². The van der Waals surface area contributed by atoms with Crippen LogP contribution in [0.1, 0.15) is 79.4 Å². The number of fused-ring (bicyclic) bond motifs is 2. The Hall–Kier alpha value is -1.18. The van der Waals surface area contributed by atoms with Crippen LogP contribution < -0.4 is 9.47 Å². The van der Waals surface area contributed by atoms with Crippen LogP contribution in [-0.2, 0) is 10.8 Å². The average molecular weight is 331 g/mol. The molecule has 0 radical (unpaired) electrons. The molecule has 1 aromatic rings. The van der Waals surface area contributed by atoms with Crippen LogP contribution in [0.25, 0.3) is 0 Å².